The van der Waals surface area contributed by atoms with Gasteiger partial charge in [0, 0.05) is 44.8 Å². The van der Waals surface area contributed by atoms with Crippen molar-refractivity contribution >= 4 is 17.7 Å². The number of carbonyl (C=O) groups excluding carboxylic acids is 3. The maximum atomic E-state index is 13.7. The van der Waals surface area contributed by atoms with Gasteiger partial charge in [0.05, 0.1) is 12.0 Å². The van der Waals surface area contributed by atoms with Crippen molar-refractivity contribution in [1.82, 2.24) is 20.9 Å². The summed E-state index contributed by atoms with van der Waals surface area (Å²) in [6.07, 6.45) is 14.2. The molecule has 3 heterocycles. The van der Waals surface area contributed by atoms with E-state index in [9.17, 15) is 14.4 Å². The van der Waals surface area contributed by atoms with Gasteiger partial charge in [0.1, 0.15) is 6.04 Å². The molecule has 3 aliphatic heterocycles. The van der Waals surface area contributed by atoms with E-state index in [1.54, 1.807) is 0 Å². The third-order valence-electron chi connectivity index (χ3n) is 9.43. The fourth-order valence-electron chi connectivity index (χ4n) is 6.92. The zero-order valence-corrected chi connectivity index (χ0v) is 23.7. The molecule has 0 unspecified atom stereocenters. The number of benzene rings is 1. The number of fused-ring (bicyclic) bond motifs is 1. The maximum Gasteiger partial charge on any atom is 0.243 e. The van der Waals surface area contributed by atoms with Gasteiger partial charge in [0.15, 0.2) is 0 Å². The van der Waals surface area contributed by atoms with Gasteiger partial charge in [-0.25, -0.2) is 0 Å². The summed E-state index contributed by atoms with van der Waals surface area (Å²) in [4.78, 5) is 42.5. The number of hydrogen-bond acceptors (Lipinski definition) is 5. The summed E-state index contributed by atoms with van der Waals surface area (Å²) in [7, 11) is 0. The number of rotatable bonds is 5. The molecule has 1 spiro atoms. The molecule has 0 aromatic heterocycles. The monoisotopic (exact) mass is 550 g/mol. The molecule has 0 bridgehead atoms. The number of likely N-dealkylation sites (tertiary alicyclic amines) is 1. The van der Waals surface area contributed by atoms with Gasteiger partial charge in [-0.05, 0) is 56.4 Å². The molecule has 1 aromatic carbocycles. The predicted octanol–water partition coefficient (Wildman–Crippen LogP) is 3.12. The van der Waals surface area contributed by atoms with Crippen molar-refractivity contribution in [2.24, 2.45) is 11.3 Å². The fraction of sp³-hybridized carbons (Fsp3) is 0.656. The van der Waals surface area contributed by atoms with Crippen LogP contribution in [-0.2, 0) is 25.5 Å². The summed E-state index contributed by atoms with van der Waals surface area (Å²) in [5.74, 6) is 0.148. The van der Waals surface area contributed by atoms with Gasteiger partial charge in [0.2, 0.25) is 17.7 Å². The minimum absolute atomic E-state index is 0.00134. The summed E-state index contributed by atoms with van der Waals surface area (Å²) in [6.45, 7) is 3.05. The van der Waals surface area contributed by atoms with E-state index in [1.807, 2.05) is 30.3 Å². The van der Waals surface area contributed by atoms with Crippen molar-refractivity contribution in [3.63, 3.8) is 0 Å². The highest BCUT2D eigenvalue weighted by Crippen LogP contribution is 2.36. The van der Waals surface area contributed by atoms with Gasteiger partial charge in [-0.15, -0.1) is 0 Å². The number of allylic oxidation sites excluding steroid dienone is 2. The standard InChI is InChI=1S/C32H46N4O4/c37-29(33-26-12-5-2-6-13-26)23-36-18-14-27-25(22-36)11-7-8-15-32(16-19-40-20-17-32)31(39)35-28(30(38)34-27)21-24-9-3-1-4-10-24/h1,3-4,7-10,25-28H,2,5-6,11-23H2,(H,33,37)(H,34,38)(H,35,39)/b8-7+/t25-,27+,28+/m0/s1. The molecule has 4 aliphatic rings. The normalized spacial score (nSPS) is 29.2. The van der Waals surface area contributed by atoms with Crippen LogP contribution in [-0.4, -0.2) is 73.6 Å². The molecule has 0 radical (unpaired) electrons. The molecular formula is C32H46N4O4. The third-order valence-corrected chi connectivity index (χ3v) is 9.43. The van der Waals surface area contributed by atoms with Crippen LogP contribution in [0.1, 0.15) is 69.8 Å². The second-order valence-corrected chi connectivity index (χ2v) is 12.3. The lowest BCUT2D eigenvalue weighted by atomic mass is 9.75. The van der Waals surface area contributed by atoms with Crippen molar-refractivity contribution in [3.8, 4) is 0 Å². The van der Waals surface area contributed by atoms with E-state index in [2.05, 4.69) is 33.0 Å². The number of carbonyl (C=O) groups is 3. The lowest BCUT2D eigenvalue weighted by molar-refractivity contribution is -0.140. The quantitative estimate of drug-likeness (QED) is 0.490. The van der Waals surface area contributed by atoms with Crippen LogP contribution in [0.15, 0.2) is 42.5 Å². The zero-order valence-electron chi connectivity index (χ0n) is 23.7. The number of nitrogens with zero attached hydrogens (tertiary/aromatic N) is 1. The average Bonchev–Trinajstić information content (AvgIpc) is 2.97. The number of amides is 3. The van der Waals surface area contributed by atoms with Crippen molar-refractivity contribution in [2.45, 2.75) is 88.8 Å². The molecule has 1 aromatic rings. The molecule has 1 aliphatic carbocycles. The molecule has 218 valence electrons. The largest absolute Gasteiger partial charge is 0.381 e. The number of nitrogens with one attached hydrogen (secondary N) is 3. The van der Waals surface area contributed by atoms with Gasteiger partial charge < -0.3 is 20.7 Å². The van der Waals surface area contributed by atoms with Gasteiger partial charge >= 0.3 is 0 Å². The Kier molecular flexibility index (Phi) is 9.92. The van der Waals surface area contributed by atoms with Crippen molar-refractivity contribution in [1.29, 1.82) is 0 Å². The van der Waals surface area contributed by atoms with E-state index >= 15 is 0 Å². The Morgan fingerprint density at radius 3 is 2.55 bits per heavy atom. The van der Waals surface area contributed by atoms with Crippen LogP contribution in [0.25, 0.3) is 0 Å². The molecule has 2 saturated heterocycles. The van der Waals surface area contributed by atoms with Crippen molar-refractivity contribution < 1.29 is 19.1 Å². The summed E-state index contributed by atoms with van der Waals surface area (Å²) in [5.41, 5.74) is 0.463. The fourth-order valence-corrected chi connectivity index (χ4v) is 6.92. The van der Waals surface area contributed by atoms with Gasteiger partial charge in [-0.1, -0.05) is 61.7 Å². The highest BCUT2D eigenvalue weighted by Gasteiger charge is 2.41. The lowest BCUT2D eigenvalue weighted by Crippen LogP contribution is -2.58. The Labute approximate surface area is 238 Å². The van der Waals surface area contributed by atoms with Crippen LogP contribution in [0.4, 0.5) is 0 Å². The first-order chi connectivity index (χ1) is 19.5. The van der Waals surface area contributed by atoms with Crippen molar-refractivity contribution in [3.05, 3.63) is 48.0 Å². The summed E-state index contributed by atoms with van der Waals surface area (Å²) < 4.78 is 5.60. The smallest absolute Gasteiger partial charge is 0.243 e. The molecular weight excluding hydrogens is 504 g/mol. The Morgan fingerprint density at radius 2 is 1.77 bits per heavy atom. The Bertz CT molecular complexity index is 1030. The highest BCUT2D eigenvalue weighted by molar-refractivity contribution is 5.90. The number of hydrogen-bond donors (Lipinski definition) is 3. The van der Waals surface area contributed by atoms with E-state index < -0.39 is 11.5 Å². The first kappa shape index (κ1) is 28.8. The number of ether oxygens (including phenoxy) is 1. The topological polar surface area (TPSA) is 99.8 Å². The van der Waals surface area contributed by atoms with Gasteiger partial charge in [-0.2, -0.15) is 0 Å². The van der Waals surface area contributed by atoms with Crippen LogP contribution in [0.5, 0.6) is 0 Å². The SMILES string of the molecule is O=C(CN1CC[C@H]2NC(=O)[C@@H](Cc3ccccc3)NC(=O)C3(C/C=C/C[C@H]2C1)CCOCC3)NC1CCCCC1. The van der Waals surface area contributed by atoms with Crippen LogP contribution < -0.4 is 16.0 Å². The van der Waals surface area contributed by atoms with Crippen LogP contribution in [0.3, 0.4) is 0 Å². The van der Waals surface area contributed by atoms with Crippen LogP contribution >= 0.6 is 0 Å². The minimum Gasteiger partial charge on any atom is -0.381 e. The molecule has 8 heteroatoms. The minimum atomic E-state index is -0.641. The lowest BCUT2D eigenvalue weighted by Gasteiger charge is -2.40. The molecule has 3 fully saturated rings. The highest BCUT2D eigenvalue weighted by atomic mass is 16.5. The maximum absolute atomic E-state index is 13.7. The molecule has 3 amide bonds. The van der Waals surface area contributed by atoms with E-state index in [0.29, 0.717) is 51.5 Å². The first-order valence-corrected chi connectivity index (χ1v) is 15.4. The van der Waals surface area contributed by atoms with Crippen LogP contribution in [0.2, 0.25) is 0 Å². The molecule has 40 heavy (non-hydrogen) atoms. The third kappa shape index (κ3) is 7.52. The molecule has 5 rings (SSSR count). The molecule has 1 saturated carbocycles. The summed E-state index contributed by atoms with van der Waals surface area (Å²) in [6, 6.07) is 9.57. The summed E-state index contributed by atoms with van der Waals surface area (Å²) >= 11 is 0. The summed E-state index contributed by atoms with van der Waals surface area (Å²) in [5, 5.41) is 9.73. The molecule has 8 nitrogen and oxygen atoms in total. The second-order valence-electron chi connectivity index (χ2n) is 12.3. The van der Waals surface area contributed by atoms with Gasteiger partial charge in [0.25, 0.3) is 0 Å². The van der Waals surface area contributed by atoms with E-state index in [-0.39, 0.29) is 29.7 Å². The average molecular weight is 551 g/mol. The van der Waals surface area contributed by atoms with E-state index in [0.717, 1.165) is 44.3 Å². The first-order valence-electron chi connectivity index (χ1n) is 15.4. The predicted molar refractivity (Wildman–Crippen MR) is 154 cm³/mol. The van der Waals surface area contributed by atoms with E-state index in [4.69, 9.17) is 4.74 Å². The molecule has 3 atom stereocenters. The van der Waals surface area contributed by atoms with E-state index in [1.165, 1.54) is 19.3 Å². The number of piperidine rings is 1. The Balaban J connectivity index is 1.30. The van der Waals surface area contributed by atoms with Crippen LogP contribution in [0, 0.1) is 11.3 Å². The van der Waals surface area contributed by atoms with Crippen molar-refractivity contribution in [2.75, 3.05) is 32.8 Å². The zero-order chi connectivity index (χ0) is 27.8. The van der Waals surface area contributed by atoms with Gasteiger partial charge in [-0.3, -0.25) is 19.3 Å². The Hall–Kier alpha value is -2.71. The molecule has 3 N–H and O–H groups in total. The Morgan fingerprint density at radius 1 is 1.00 bits per heavy atom. The second kappa shape index (κ2) is 13.8.